The van der Waals surface area contributed by atoms with Crippen molar-refractivity contribution >= 4 is 34.4 Å². The lowest BCUT2D eigenvalue weighted by atomic mass is 9.94. The van der Waals surface area contributed by atoms with E-state index in [4.69, 9.17) is 4.74 Å². The summed E-state index contributed by atoms with van der Waals surface area (Å²) in [6.07, 6.45) is 1.59. The number of hydrogen-bond donors (Lipinski definition) is 2. The fraction of sp³-hybridized carbons (Fsp3) is 0.241. The van der Waals surface area contributed by atoms with Crippen molar-refractivity contribution < 1.29 is 19.4 Å². The highest BCUT2D eigenvalue weighted by atomic mass is 16.5. The number of amides is 1. The lowest BCUT2D eigenvalue weighted by Gasteiger charge is -2.22. The first kappa shape index (κ1) is 24.2. The first-order valence-electron chi connectivity index (χ1n) is 12.3. The number of fused-ring (bicyclic) bond motifs is 1. The van der Waals surface area contributed by atoms with Crippen LogP contribution in [0.15, 0.2) is 66.4 Å². The summed E-state index contributed by atoms with van der Waals surface area (Å²) in [5, 5.41) is 11.5. The van der Waals surface area contributed by atoms with Crippen LogP contribution in [0.1, 0.15) is 55.1 Å². The minimum absolute atomic E-state index is 0.0424. The van der Waals surface area contributed by atoms with Crippen LogP contribution in [0.3, 0.4) is 0 Å². The molecule has 0 saturated carbocycles. The van der Waals surface area contributed by atoms with Crippen LogP contribution in [0.25, 0.3) is 16.8 Å². The molecule has 1 fully saturated rings. The molecule has 5 rings (SSSR count). The fourth-order valence-corrected chi connectivity index (χ4v) is 4.68. The number of aromatic nitrogens is 3. The van der Waals surface area contributed by atoms with Crippen LogP contribution < -0.4 is 9.64 Å². The first-order valence-corrected chi connectivity index (χ1v) is 12.3. The number of ketones is 1. The van der Waals surface area contributed by atoms with E-state index < -0.39 is 17.7 Å². The molecule has 0 bridgehead atoms. The van der Waals surface area contributed by atoms with Gasteiger partial charge in [0.25, 0.3) is 5.78 Å². The summed E-state index contributed by atoms with van der Waals surface area (Å²) in [6.45, 7) is 8.43. The van der Waals surface area contributed by atoms with Crippen molar-refractivity contribution in [2.24, 2.45) is 0 Å². The number of nitrogens with zero attached hydrogens (tertiary/aromatic N) is 3. The topological polar surface area (TPSA) is 108 Å². The molecule has 3 heterocycles. The summed E-state index contributed by atoms with van der Waals surface area (Å²) < 4.78 is 5.75. The number of anilines is 1. The van der Waals surface area contributed by atoms with Crippen LogP contribution >= 0.6 is 0 Å². The Balaban J connectivity index is 1.70. The minimum Gasteiger partial charge on any atom is -0.507 e. The quantitative estimate of drug-likeness (QED) is 0.210. The van der Waals surface area contributed by atoms with E-state index in [1.165, 1.54) is 4.90 Å². The van der Waals surface area contributed by atoms with Gasteiger partial charge in [-0.3, -0.25) is 19.5 Å². The second kappa shape index (κ2) is 9.54. The third kappa shape index (κ3) is 4.24. The van der Waals surface area contributed by atoms with Crippen LogP contribution in [0, 0.1) is 6.92 Å². The number of aromatic amines is 1. The Hall–Kier alpha value is -4.46. The van der Waals surface area contributed by atoms with E-state index in [0.717, 1.165) is 16.6 Å². The maximum Gasteiger partial charge on any atom is 0.302 e. The molecular weight excluding hydrogens is 468 g/mol. The first-order chi connectivity index (χ1) is 17.8. The van der Waals surface area contributed by atoms with E-state index in [2.05, 4.69) is 15.0 Å². The normalized spacial score (nSPS) is 17.2. The molecule has 1 atom stereocenters. The molecule has 4 aromatic rings. The average Bonchev–Trinajstić information content (AvgIpc) is 3.42. The van der Waals surface area contributed by atoms with E-state index >= 15 is 0 Å². The molecule has 188 valence electrons. The van der Waals surface area contributed by atoms with Gasteiger partial charge in [-0.2, -0.15) is 0 Å². The number of benzene rings is 2. The third-order valence-electron chi connectivity index (χ3n) is 6.47. The molecular formula is C29H28N4O4. The Morgan fingerprint density at radius 3 is 2.65 bits per heavy atom. The van der Waals surface area contributed by atoms with Crippen molar-refractivity contribution in [2.45, 2.75) is 39.7 Å². The predicted octanol–water partition coefficient (Wildman–Crippen LogP) is 5.41. The van der Waals surface area contributed by atoms with E-state index in [0.29, 0.717) is 29.1 Å². The van der Waals surface area contributed by atoms with Crippen LogP contribution in [0.4, 0.5) is 5.95 Å². The van der Waals surface area contributed by atoms with E-state index in [1.807, 2.05) is 45.9 Å². The number of nitrogens with one attached hydrogen (secondary N) is 1. The molecule has 2 N–H and O–H groups in total. The molecule has 1 unspecified atom stereocenters. The smallest absolute Gasteiger partial charge is 0.302 e. The number of Topliss-reactive ketones (excluding diaryl/α,β-unsaturated/α-hetero) is 1. The van der Waals surface area contributed by atoms with Gasteiger partial charge in [0.15, 0.2) is 0 Å². The van der Waals surface area contributed by atoms with Gasteiger partial charge in [-0.25, -0.2) is 4.98 Å². The molecule has 1 amide bonds. The zero-order valence-electron chi connectivity index (χ0n) is 21.1. The monoisotopic (exact) mass is 496 g/mol. The van der Waals surface area contributed by atoms with Gasteiger partial charge in [-0.15, -0.1) is 0 Å². The van der Waals surface area contributed by atoms with Crippen LogP contribution in [0.5, 0.6) is 5.75 Å². The largest absolute Gasteiger partial charge is 0.507 e. The molecule has 37 heavy (non-hydrogen) atoms. The predicted molar refractivity (Wildman–Crippen MR) is 142 cm³/mol. The van der Waals surface area contributed by atoms with Crippen LogP contribution in [-0.4, -0.2) is 38.4 Å². The molecule has 2 aromatic heterocycles. The molecule has 0 spiro atoms. The fourth-order valence-electron chi connectivity index (χ4n) is 4.68. The number of pyridine rings is 1. The van der Waals surface area contributed by atoms with Crippen LogP contribution in [-0.2, 0) is 9.59 Å². The Bertz CT molecular complexity index is 1540. The molecule has 1 aliphatic rings. The zero-order chi connectivity index (χ0) is 26.3. The van der Waals surface area contributed by atoms with E-state index in [-0.39, 0.29) is 23.2 Å². The molecule has 1 aliphatic heterocycles. The number of rotatable bonds is 6. The molecule has 8 nitrogen and oxygen atoms in total. The highest BCUT2D eigenvalue weighted by Crippen LogP contribution is 2.41. The Kier molecular flexibility index (Phi) is 6.25. The molecule has 0 aliphatic carbocycles. The molecule has 1 saturated heterocycles. The zero-order valence-corrected chi connectivity index (χ0v) is 21.1. The van der Waals surface area contributed by atoms with Gasteiger partial charge >= 0.3 is 5.91 Å². The molecule has 0 radical (unpaired) electrons. The van der Waals surface area contributed by atoms with E-state index in [1.54, 1.807) is 42.6 Å². The van der Waals surface area contributed by atoms with Gasteiger partial charge < -0.3 is 14.8 Å². The highest BCUT2D eigenvalue weighted by molar-refractivity contribution is 6.51. The minimum atomic E-state index is -0.961. The highest BCUT2D eigenvalue weighted by Gasteiger charge is 2.48. The number of imidazole rings is 1. The number of aliphatic hydroxyl groups excluding tert-OH is 1. The Morgan fingerprint density at radius 1 is 1.14 bits per heavy atom. The summed E-state index contributed by atoms with van der Waals surface area (Å²) in [5.41, 5.74) is 4.14. The summed E-state index contributed by atoms with van der Waals surface area (Å²) in [7, 11) is 0. The summed E-state index contributed by atoms with van der Waals surface area (Å²) in [6, 6.07) is 15.3. The number of carbonyl (C=O) groups excluding carboxylic acids is 2. The number of aryl methyl sites for hydroxylation is 1. The van der Waals surface area contributed by atoms with Crippen LogP contribution in [0.2, 0.25) is 0 Å². The number of H-pyrrole nitrogens is 1. The average molecular weight is 497 g/mol. The van der Waals surface area contributed by atoms with Gasteiger partial charge in [-0.05, 0) is 73.4 Å². The van der Waals surface area contributed by atoms with Crippen molar-refractivity contribution in [3.63, 3.8) is 0 Å². The standard InChI is InChI=1S/C29H28N4O4/c1-5-37-23-12-10-18(15-19(23)16(2)3)26(34)24-25(21-8-6-7-13-30-21)33(28(36)27(24)35)29-31-20-11-9-17(4)14-22(20)32-29/h6-16,25,34H,5H2,1-4H3,(H,31,32)/b26-24+. The van der Waals surface area contributed by atoms with Gasteiger partial charge in [0.2, 0.25) is 5.95 Å². The van der Waals surface area contributed by atoms with Gasteiger partial charge in [0.1, 0.15) is 17.6 Å². The third-order valence-corrected chi connectivity index (χ3v) is 6.47. The van der Waals surface area contributed by atoms with Crippen molar-refractivity contribution in [3.8, 4) is 5.75 Å². The van der Waals surface area contributed by atoms with Crippen molar-refractivity contribution in [2.75, 3.05) is 11.5 Å². The van der Waals surface area contributed by atoms with Gasteiger partial charge in [-0.1, -0.05) is 26.0 Å². The maximum absolute atomic E-state index is 13.4. The van der Waals surface area contributed by atoms with Crippen molar-refractivity contribution in [3.05, 3.63) is 88.8 Å². The second-order valence-corrected chi connectivity index (χ2v) is 9.35. The van der Waals surface area contributed by atoms with E-state index in [9.17, 15) is 14.7 Å². The Morgan fingerprint density at radius 2 is 1.95 bits per heavy atom. The van der Waals surface area contributed by atoms with Gasteiger partial charge in [0.05, 0.1) is 28.9 Å². The second-order valence-electron chi connectivity index (χ2n) is 9.35. The summed E-state index contributed by atoms with van der Waals surface area (Å²) in [5.74, 6) is -0.816. The number of aliphatic hydroxyl groups is 1. The molecule has 2 aromatic carbocycles. The van der Waals surface area contributed by atoms with Gasteiger partial charge in [0, 0.05) is 11.8 Å². The SMILES string of the molecule is CCOc1ccc(/C(O)=C2\C(=O)C(=O)N(c3nc4ccc(C)cc4[nH]3)C2c2ccccn2)cc1C(C)C. The lowest BCUT2D eigenvalue weighted by molar-refractivity contribution is -0.132. The summed E-state index contributed by atoms with van der Waals surface area (Å²) in [4.78, 5) is 40.3. The number of carbonyl (C=O) groups is 2. The number of hydrogen-bond acceptors (Lipinski definition) is 6. The van der Waals surface area contributed by atoms with Crippen molar-refractivity contribution in [1.82, 2.24) is 15.0 Å². The van der Waals surface area contributed by atoms with Crippen molar-refractivity contribution in [1.29, 1.82) is 0 Å². The molecule has 8 heteroatoms. The number of ether oxygens (including phenoxy) is 1. The Labute approximate surface area is 214 Å². The maximum atomic E-state index is 13.4. The summed E-state index contributed by atoms with van der Waals surface area (Å²) >= 11 is 0. The lowest BCUT2D eigenvalue weighted by Crippen LogP contribution is -2.30.